The molecule has 0 spiro atoms. The van der Waals surface area contributed by atoms with E-state index in [1.54, 1.807) is 0 Å². The van der Waals surface area contributed by atoms with Gasteiger partial charge in [0.1, 0.15) is 12.4 Å². The van der Waals surface area contributed by atoms with Crippen molar-refractivity contribution in [2.75, 3.05) is 27.2 Å². The number of carbonyl (C=O) groups is 1. The predicted octanol–water partition coefficient (Wildman–Crippen LogP) is 2.48. The van der Waals surface area contributed by atoms with Crippen LogP contribution in [0.1, 0.15) is 15.9 Å². The van der Waals surface area contributed by atoms with E-state index in [0.29, 0.717) is 12.0 Å². The number of carbonyl (C=O) groups excluding carboxylic acids is 1. The zero-order valence-corrected chi connectivity index (χ0v) is 17.3. The fourth-order valence-electron chi connectivity index (χ4n) is 2.41. The van der Waals surface area contributed by atoms with Crippen LogP contribution in [0.2, 0.25) is 0 Å². The van der Waals surface area contributed by atoms with E-state index < -0.39 is 10.0 Å². The Hall–Kier alpha value is -3.08. The number of ether oxygens (including phenoxy) is 1. The highest BCUT2D eigenvalue weighted by Gasteiger charge is 2.17. The van der Waals surface area contributed by atoms with E-state index in [1.165, 1.54) is 38.4 Å². The van der Waals surface area contributed by atoms with Crippen molar-refractivity contribution >= 4 is 15.9 Å². The lowest BCUT2D eigenvalue weighted by atomic mass is 10.1. The van der Waals surface area contributed by atoms with E-state index in [9.17, 15) is 13.2 Å². The minimum absolute atomic E-state index is 0.132. The Morgan fingerprint density at radius 3 is 2.48 bits per heavy atom. The SMILES string of the molecule is C=CCc1ccccc1OCC#CCNC(=O)c1ccc(S(=O)(=O)N(C)C)cc1. The normalized spacial score (nSPS) is 10.7. The third-order valence-corrected chi connectivity index (χ3v) is 5.82. The van der Waals surface area contributed by atoms with Gasteiger partial charge in [-0.3, -0.25) is 4.79 Å². The number of nitrogens with zero attached hydrogens (tertiary/aromatic N) is 1. The monoisotopic (exact) mass is 412 g/mol. The molecule has 0 saturated carbocycles. The average Bonchev–Trinajstić information content (AvgIpc) is 2.71. The summed E-state index contributed by atoms with van der Waals surface area (Å²) in [5.41, 5.74) is 1.40. The smallest absolute Gasteiger partial charge is 0.252 e. The van der Waals surface area contributed by atoms with Crippen molar-refractivity contribution in [3.8, 4) is 17.6 Å². The highest BCUT2D eigenvalue weighted by atomic mass is 32.2. The second-order valence-corrected chi connectivity index (χ2v) is 8.39. The zero-order valence-electron chi connectivity index (χ0n) is 16.5. The van der Waals surface area contributed by atoms with Gasteiger partial charge in [0.15, 0.2) is 0 Å². The Balaban J connectivity index is 1.84. The maximum absolute atomic E-state index is 12.1. The summed E-state index contributed by atoms with van der Waals surface area (Å²) in [4.78, 5) is 12.3. The number of nitrogens with one attached hydrogen (secondary N) is 1. The average molecular weight is 413 g/mol. The van der Waals surface area contributed by atoms with Crippen molar-refractivity contribution in [2.24, 2.45) is 0 Å². The minimum atomic E-state index is -3.52. The maximum atomic E-state index is 12.1. The molecule has 0 aliphatic rings. The van der Waals surface area contributed by atoms with Gasteiger partial charge in [0.2, 0.25) is 10.0 Å². The lowest BCUT2D eigenvalue weighted by Gasteiger charge is -2.11. The lowest BCUT2D eigenvalue weighted by Crippen LogP contribution is -2.24. The molecule has 29 heavy (non-hydrogen) atoms. The van der Waals surface area contributed by atoms with Crippen LogP contribution >= 0.6 is 0 Å². The number of hydrogen-bond acceptors (Lipinski definition) is 4. The van der Waals surface area contributed by atoms with E-state index >= 15 is 0 Å². The molecule has 1 amide bonds. The molecule has 6 nitrogen and oxygen atoms in total. The highest BCUT2D eigenvalue weighted by Crippen LogP contribution is 2.18. The summed E-state index contributed by atoms with van der Waals surface area (Å²) in [7, 11) is -0.607. The summed E-state index contributed by atoms with van der Waals surface area (Å²) in [6.45, 7) is 4.10. The topological polar surface area (TPSA) is 75.7 Å². The second kappa shape index (κ2) is 10.5. The predicted molar refractivity (Wildman–Crippen MR) is 113 cm³/mol. The molecule has 0 saturated heterocycles. The van der Waals surface area contributed by atoms with Crippen LogP contribution in [0.3, 0.4) is 0 Å². The van der Waals surface area contributed by atoms with Crippen molar-refractivity contribution in [3.63, 3.8) is 0 Å². The third kappa shape index (κ3) is 6.21. The molecule has 2 aromatic carbocycles. The van der Waals surface area contributed by atoms with Crippen LogP contribution in [0.15, 0.2) is 66.1 Å². The quantitative estimate of drug-likeness (QED) is 0.534. The molecule has 0 radical (unpaired) electrons. The molecule has 0 atom stereocenters. The minimum Gasteiger partial charge on any atom is -0.481 e. The van der Waals surface area contributed by atoms with E-state index in [2.05, 4.69) is 23.7 Å². The molecule has 0 aromatic heterocycles. The maximum Gasteiger partial charge on any atom is 0.252 e. The van der Waals surface area contributed by atoms with Crippen LogP contribution in [-0.2, 0) is 16.4 Å². The fraction of sp³-hybridized carbons (Fsp3) is 0.227. The molecule has 0 aliphatic carbocycles. The van der Waals surface area contributed by atoms with Crippen LogP contribution in [0.4, 0.5) is 0 Å². The molecule has 0 unspecified atom stereocenters. The molecule has 0 heterocycles. The van der Waals surface area contributed by atoms with Gasteiger partial charge in [0.05, 0.1) is 11.4 Å². The molecule has 2 aromatic rings. The van der Waals surface area contributed by atoms with Crippen molar-refractivity contribution in [1.82, 2.24) is 9.62 Å². The fourth-order valence-corrected chi connectivity index (χ4v) is 3.31. The Kier molecular flexibility index (Phi) is 8.01. The van der Waals surface area contributed by atoms with Gasteiger partial charge in [-0.2, -0.15) is 0 Å². The first-order valence-electron chi connectivity index (χ1n) is 8.94. The summed E-state index contributed by atoms with van der Waals surface area (Å²) < 4.78 is 30.8. The van der Waals surface area contributed by atoms with E-state index in [-0.39, 0.29) is 24.0 Å². The van der Waals surface area contributed by atoms with Crippen LogP contribution in [0.5, 0.6) is 5.75 Å². The van der Waals surface area contributed by atoms with E-state index in [0.717, 1.165) is 15.6 Å². The van der Waals surface area contributed by atoms with Crippen LogP contribution in [0, 0.1) is 11.8 Å². The van der Waals surface area contributed by atoms with Crippen LogP contribution < -0.4 is 10.1 Å². The number of hydrogen-bond donors (Lipinski definition) is 1. The van der Waals surface area contributed by atoms with E-state index in [4.69, 9.17) is 4.74 Å². The molecule has 2 rings (SSSR count). The molecule has 0 fully saturated rings. The number of rotatable bonds is 8. The highest BCUT2D eigenvalue weighted by molar-refractivity contribution is 7.89. The van der Waals surface area contributed by atoms with Gasteiger partial charge >= 0.3 is 0 Å². The third-order valence-electron chi connectivity index (χ3n) is 3.99. The lowest BCUT2D eigenvalue weighted by molar-refractivity contribution is 0.0958. The van der Waals surface area contributed by atoms with Crippen LogP contribution in [0.25, 0.3) is 0 Å². The van der Waals surface area contributed by atoms with Gasteiger partial charge in [-0.25, -0.2) is 12.7 Å². The van der Waals surface area contributed by atoms with Crippen molar-refractivity contribution in [1.29, 1.82) is 0 Å². The molecular formula is C22H24N2O4S. The first kappa shape index (κ1) is 22.2. The van der Waals surface area contributed by atoms with Crippen molar-refractivity contribution < 1.29 is 17.9 Å². The Morgan fingerprint density at radius 1 is 1.14 bits per heavy atom. The van der Waals surface area contributed by atoms with Crippen LogP contribution in [-0.4, -0.2) is 45.9 Å². The summed E-state index contributed by atoms with van der Waals surface area (Å²) >= 11 is 0. The molecule has 1 N–H and O–H groups in total. The summed E-state index contributed by atoms with van der Waals surface area (Å²) in [5, 5.41) is 2.67. The van der Waals surface area contributed by atoms with Gasteiger partial charge in [-0.05, 0) is 42.3 Å². The molecule has 0 aliphatic heterocycles. The number of amides is 1. The molecular weight excluding hydrogens is 388 g/mol. The number of para-hydroxylation sites is 1. The largest absolute Gasteiger partial charge is 0.481 e. The van der Waals surface area contributed by atoms with Gasteiger partial charge < -0.3 is 10.1 Å². The molecule has 7 heteroatoms. The van der Waals surface area contributed by atoms with Gasteiger partial charge in [0, 0.05) is 19.7 Å². The Labute approximate surface area is 172 Å². The van der Waals surface area contributed by atoms with Crippen molar-refractivity contribution in [3.05, 3.63) is 72.3 Å². The summed E-state index contributed by atoms with van der Waals surface area (Å²) in [6.07, 6.45) is 2.53. The number of sulfonamides is 1. The molecule has 0 bridgehead atoms. The number of allylic oxidation sites excluding steroid dienone is 1. The second-order valence-electron chi connectivity index (χ2n) is 6.24. The zero-order chi connectivity index (χ0) is 21.3. The van der Waals surface area contributed by atoms with Gasteiger partial charge in [-0.1, -0.05) is 36.1 Å². The summed E-state index contributed by atoms with van der Waals surface area (Å²) in [5.74, 6) is 6.12. The first-order chi connectivity index (χ1) is 13.9. The summed E-state index contributed by atoms with van der Waals surface area (Å²) in [6, 6.07) is 13.4. The van der Waals surface area contributed by atoms with Gasteiger partial charge in [-0.15, -0.1) is 6.58 Å². The first-order valence-corrected chi connectivity index (χ1v) is 10.4. The van der Waals surface area contributed by atoms with Crippen molar-refractivity contribution in [2.45, 2.75) is 11.3 Å². The standard InChI is InChI=1S/C22H24N2O4S/c1-4-9-18-10-5-6-11-21(18)28-17-8-7-16-23-22(25)19-12-14-20(15-13-19)29(26,27)24(2)3/h4-6,10-15H,1,9,16-17H2,2-3H3,(H,23,25). The Bertz CT molecular complexity index is 1020. The number of benzene rings is 2. The molecule has 152 valence electrons. The van der Waals surface area contributed by atoms with E-state index in [1.807, 2.05) is 30.3 Å². The van der Waals surface area contributed by atoms with Gasteiger partial charge in [0.25, 0.3) is 5.91 Å². The Morgan fingerprint density at radius 2 is 1.83 bits per heavy atom.